The van der Waals surface area contributed by atoms with Crippen LogP contribution in [-0.4, -0.2) is 0 Å². The Bertz CT molecular complexity index is 421. The summed E-state index contributed by atoms with van der Waals surface area (Å²) in [6.07, 6.45) is 0.139. The first-order valence-corrected chi connectivity index (χ1v) is 4.12. The molecule has 0 fully saturated rings. The van der Waals surface area contributed by atoms with E-state index in [0.29, 0.717) is 12.1 Å². The highest BCUT2D eigenvalue weighted by Gasteiger charge is 1.99. The third-order valence-corrected chi connectivity index (χ3v) is 1.68. The van der Waals surface area contributed by atoms with E-state index < -0.39 is 0 Å². The van der Waals surface area contributed by atoms with E-state index in [0.717, 1.165) is 5.56 Å². The maximum atomic E-state index is 12.8. The van der Waals surface area contributed by atoms with Gasteiger partial charge < -0.3 is 5.73 Å². The molecule has 70 valence electrons. The molecule has 2 N–H and O–H groups in total. The average Bonchev–Trinajstić information content (AvgIpc) is 2.19. The Morgan fingerprint density at radius 3 is 2.86 bits per heavy atom. The summed E-state index contributed by atoms with van der Waals surface area (Å²) in [4.78, 5) is 0. The molecule has 0 unspecified atom stereocenters. The third-order valence-electron chi connectivity index (χ3n) is 1.68. The Hall–Kier alpha value is -1.84. The SMILES string of the molecule is N#CCC#Cc1cc(F)ccc1CN. The fourth-order valence-electron chi connectivity index (χ4n) is 1.02. The summed E-state index contributed by atoms with van der Waals surface area (Å²) in [5, 5.41) is 8.27. The van der Waals surface area contributed by atoms with Crippen molar-refractivity contribution in [3.8, 4) is 17.9 Å². The van der Waals surface area contributed by atoms with Gasteiger partial charge in [-0.05, 0) is 17.7 Å². The lowest BCUT2D eigenvalue weighted by Crippen LogP contribution is -1.99. The topological polar surface area (TPSA) is 49.8 Å². The highest BCUT2D eigenvalue weighted by Crippen LogP contribution is 2.09. The van der Waals surface area contributed by atoms with Crippen LogP contribution in [0.1, 0.15) is 17.5 Å². The van der Waals surface area contributed by atoms with Crippen molar-refractivity contribution in [3.63, 3.8) is 0 Å². The summed E-state index contributed by atoms with van der Waals surface area (Å²) in [5.41, 5.74) is 6.80. The van der Waals surface area contributed by atoms with Crippen LogP contribution in [0.25, 0.3) is 0 Å². The summed E-state index contributed by atoms with van der Waals surface area (Å²) >= 11 is 0. The minimum Gasteiger partial charge on any atom is -0.326 e. The van der Waals surface area contributed by atoms with Crippen molar-refractivity contribution in [3.05, 3.63) is 35.1 Å². The lowest BCUT2D eigenvalue weighted by Gasteiger charge is -2.00. The lowest BCUT2D eigenvalue weighted by atomic mass is 10.1. The number of hydrogen-bond acceptors (Lipinski definition) is 2. The zero-order valence-electron chi connectivity index (χ0n) is 7.55. The van der Waals surface area contributed by atoms with Crippen molar-refractivity contribution in [1.29, 1.82) is 5.26 Å². The Kier molecular flexibility index (Phi) is 3.67. The monoisotopic (exact) mass is 188 g/mol. The number of hydrogen-bond donors (Lipinski definition) is 1. The summed E-state index contributed by atoms with van der Waals surface area (Å²) in [5.74, 6) is 4.99. The van der Waals surface area contributed by atoms with Crippen LogP contribution in [0, 0.1) is 29.0 Å². The second-order valence-corrected chi connectivity index (χ2v) is 2.64. The average molecular weight is 188 g/mol. The Morgan fingerprint density at radius 2 is 2.21 bits per heavy atom. The van der Waals surface area contributed by atoms with Gasteiger partial charge in [0.05, 0.1) is 12.5 Å². The Labute approximate surface area is 82.2 Å². The first-order valence-electron chi connectivity index (χ1n) is 4.12. The number of halogens is 1. The van der Waals surface area contributed by atoms with Crippen LogP contribution in [-0.2, 0) is 6.54 Å². The summed E-state index contributed by atoms with van der Waals surface area (Å²) in [6, 6.07) is 6.17. The number of nitrogens with zero attached hydrogens (tertiary/aromatic N) is 1. The van der Waals surface area contributed by atoms with Gasteiger partial charge in [0.2, 0.25) is 0 Å². The zero-order valence-corrected chi connectivity index (χ0v) is 7.55. The summed E-state index contributed by atoms with van der Waals surface area (Å²) in [7, 11) is 0. The van der Waals surface area contributed by atoms with Crippen molar-refractivity contribution in [1.82, 2.24) is 0 Å². The molecule has 0 saturated carbocycles. The predicted molar refractivity (Wildman–Crippen MR) is 51.4 cm³/mol. The number of rotatable bonds is 1. The zero-order chi connectivity index (χ0) is 10.4. The predicted octanol–water partition coefficient (Wildman–Crippen LogP) is 1.55. The normalized spacial score (nSPS) is 8.64. The van der Waals surface area contributed by atoms with Crippen LogP contribution in [0.3, 0.4) is 0 Å². The number of nitriles is 1. The molecule has 0 atom stereocenters. The van der Waals surface area contributed by atoms with Gasteiger partial charge in [-0.1, -0.05) is 17.9 Å². The van der Waals surface area contributed by atoms with Crippen LogP contribution in [0.4, 0.5) is 4.39 Å². The van der Waals surface area contributed by atoms with Gasteiger partial charge in [0.15, 0.2) is 0 Å². The minimum atomic E-state index is -0.344. The molecule has 1 aromatic carbocycles. The summed E-state index contributed by atoms with van der Waals surface area (Å²) in [6.45, 7) is 0.316. The van der Waals surface area contributed by atoms with Gasteiger partial charge in [-0.2, -0.15) is 5.26 Å². The molecule has 0 aromatic heterocycles. The van der Waals surface area contributed by atoms with Gasteiger partial charge in [0.25, 0.3) is 0 Å². The molecule has 0 aliphatic heterocycles. The van der Waals surface area contributed by atoms with Crippen LogP contribution >= 0.6 is 0 Å². The highest BCUT2D eigenvalue weighted by molar-refractivity contribution is 5.41. The van der Waals surface area contributed by atoms with Crippen molar-refractivity contribution in [2.45, 2.75) is 13.0 Å². The minimum absolute atomic E-state index is 0.139. The van der Waals surface area contributed by atoms with Gasteiger partial charge >= 0.3 is 0 Å². The third kappa shape index (κ3) is 2.58. The van der Waals surface area contributed by atoms with Gasteiger partial charge in [0, 0.05) is 12.1 Å². The van der Waals surface area contributed by atoms with Gasteiger partial charge in [-0.15, -0.1) is 0 Å². The van der Waals surface area contributed by atoms with Crippen molar-refractivity contribution in [2.24, 2.45) is 5.73 Å². The maximum absolute atomic E-state index is 12.8. The molecule has 0 aliphatic carbocycles. The first kappa shape index (κ1) is 10.2. The van der Waals surface area contributed by atoms with Crippen molar-refractivity contribution in [2.75, 3.05) is 0 Å². The van der Waals surface area contributed by atoms with E-state index in [1.54, 1.807) is 6.07 Å². The molecular weight excluding hydrogens is 179 g/mol. The van der Waals surface area contributed by atoms with Crippen molar-refractivity contribution < 1.29 is 4.39 Å². The first-order chi connectivity index (χ1) is 6.77. The molecule has 0 heterocycles. The standard InChI is InChI=1S/C11H9FN2/c12-11-5-4-10(8-14)9(7-11)3-1-2-6-13/h4-5,7H,2,8,14H2. The molecule has 2 nitrogen and oxygen atoms in total. The summed E-state index contributed by atoms with van der Waals surface area (Å²) < 4.78 is 12.8. The molecule has 0 amide bonds. The van der Waals surface area contributed by atoms with Crippen LogP contribution in [0.15, 0.2) is 18.2 Å². The largest absolute Gasteiger partial charge is 0.326 e. The Morgan fingerprint density at radius 1 is 1.43 bits per heavy atom. The van der Waals surface area contributed by atoms with E-state index >= 15 is 0 Å². The quantitative estimate of drug-likeness (QED) is 0.680. The molecule has 1 aromatic rings. The second-order valence-electron chi connectivity index (χ2n) is 2.64. The van der Waals surface area contributed by atoms with E-state index in [-0.39, 0.29) is 12.2 Å². The van der Waals surface area contributed by atoms with Crippen LogP contribution in [0.2, 0.25) is 0 Å². The van der Waals surface area contributed by atoms with Crippen molar-refractivity contribution >= 4 is 0 Å². The number of benzene rings is 1. The fraction of sp³-hybridized carbons (Fsp3) is 0.182. The second kappa shape index (κ2) is 5.01. The molecule has 0 radical (unpaired) electrons. The smallest absolute Gasteiger partial charge is 0.124 e. The van der Waals surface area contributed by atoms with Gasteiger partial charge in [-0.3, -0.25) is 0 Å². The van der Waals surface area contributed by atoms with Gasteiger partial charge in [-0.25, -0.2) is 4.39 Å². The number of nitrogens with two attached hydrogens (primary N) is 1. The molecule has 0 bridgehead atoms. The molecule has 0 aliphatic rings. The van der Waals surface area contributed by atoms with E-state index in [1.165, 1.54) is 12.1 Å². The Balaban J connectivity index is 3.02. The molecule has 0 spiro atoms. The van der Waals surface area contributed by atoms with E-state index in [1.807, 2.05) is 6.07 Å². The van der Waals surface area contributed by atoms with E-state index in [9.17, 15) is 4.39 Å². The maximum Gasteiger partial charge on any atom is 0.124 e. The molecule has 3 heteroatoms. The van der Waals surface area contributed by atoms with Gasteiger partial charge in [0.1, 0.15) is 5.82 Å². The molecule has 1 rings (SSSR count). The lowest BCUT2D eigenvalue weighted by molar-refractivity contribution is 0.626. The van der Waals surface area contributed by atoms with E-state index in [2.05, 4.69) is 11.8 Å². The molecule has 14 heavy (non-hydrogen) atoms. The van der Waals surface area contributed by atoms with Crippen LogP contribution < -0.4 is 5.73 Å². The van der Waals surface area contributed by atoms with E-state index in [4.69, 9.17) is 11.0 Å². The van der Waals surface area contributed by atoms with Crippen LogP contribution in [0.5, 0.6) is 0 Å². The highest BCUT2D eigenvalue weighted by atomic mass is 19.1. The molecular formula is C11H9FN2. The fourth-order valence-corrected chi connectivity index (χ4v) is 1.02. The molecule has 0 saturated heterocycles.